The number of hydrogen-bond donors (Lipinski definition) is 2. The molecule has 0 unspecified atom stereocenters. The molecule has 24 heavy (non-hydrogen) atoms. The number of amides is 1. The number of nitrogens with one attached hydrogen (secondary N) is 2. The fourth-order valence-electron chi connectivity index (χ4n) is 2.71. The van der Waals surface area contributed by atoms with Crippen molar-refractivity contribution in [1.29, 1.82) is 0 Å². The van der Waals surface area contributed by atoms with Crippen molar-refractivity contribution in [3.63, 3.8) is 0 Å². The van der Waals surface area contributed by atoms with E-state index >= 15 is 0 Å². The van der Waals surface area contributed by atoms with Gasteiger partial charge in [0.05, 0.1) is 5.69 Å². The highest BCUT2D eigenvalue weighted by Crippen LogP contribution is 2.19. The molecule has 4 heteroatoms. The van der Waals surface area contributed by atoms with Gasteiger partial charge in [0.2, 0.25) is 5.91 Å². The van der Waals surface area contributed by atoms with Crippen LogP contribution in [0.2, 0.25) is 0 Å². The molecule has 2 aromatic rings. The van der Waals surface area contributed by atoms with Gasteiger partial charge >= 0.3 is 0 Å². The van der Waals surface area contributed by atoms with E-state index in [0.29, 0.717) is 5.92 Å². The van der Waals surface area contributed by atoms with Crippen LogP contribution in [-0.2, 0) is 11.2 Å². The van der Waals surface area contributed by atoms with Gasteiger partial charge in [-0.1, -0.05) is 32.0 Å². The zero-order chi connectivity index (χ0) is 17.4. The summed E-state index contributed by atoms with van der Waals surface area (Å²) in [5.74, 6) is 0.567. The van der Waals surface area contributed by atoms with E-state index in [4.69, 9.17) is 0 Å². The molecule has 0 saturated carbocycles. The standard InChI is InChI=1S/C20H27N3O/c1-15(2)14-20(19-6-4-5-12-21-19)22-13-11-17-7-9-18(10-8-17)23-16(3)24/h4-10,12,15,20,22H,11,13-14H2,1-3H3,(H,23,24)/t20-/m1/s1. The van der Waals surface area contributed by atoms with Crippen molar-refractivity contribution in [3.05, 3.63) is 59.9 Å². The fraction of sp³-hybridized carbons (Fsp3) is 0.400. The molecule has 1 heterocycles. The molecule has 0 radical (unpaired) electrons. The minimum atomic E-state index is -0.0451. The van der Waals surface area contributed by atoms with Gasteiger partial charge in [0, 0.05) is 24.8 Å². The van der Waals surface area contributed by atoms with E-state index in [-0.39, 0.29) is 11.9 Å². The highest BCUT2D eigenvalue weighted by molar-refractivity contribution is 5.88. The van der Waals surface area contributed by atoms with E-state index in [1.54, 1.807) is 0 Å². The largest absolute Gasteiger partial charge is 0.326 e. The fourth-order valence-corrected chi connectivity index (χ4v) is 2.71. The third kappa shape index (κ3) is 6.13. The number of anilines is 1. The second-order valence-electron chi connectivity index (χ2n) is 6.52. The number of carbonyl (C=O) groups excluding carboxylic acids is 1. The molecule has 0 aliphatic rings. The Morgan fingerprint density at radius 3 is 2.46 bits per heavy atom. The van der Waals surface area contributed by atoms with Gasteiger partial charge in [-0.05, 0) is 55.1 Å². The van der Waals surface area contributed by atoms with Crippen LogP contribution in [0.3, 0.4) is 0 Å². The number of nitrogens with zero attached hydrogens (tertiary/aromatic N) is 1. The van der Waals surface area contributed by atoms with Crippen LogP contribution >= 0.6 is 0 Å². The normalized spacial score (nSPS) is 12.2. The molecule has 1 atom stereocenters. The molecule has 0 saturated heterocycles. The lowest BCUT2D eigenvalue weighted by atomic mass is 10.0. The number of hydrogen-bond acceptors (Lipinski definition) is 3. The first-order chi connectivity index (χ1) is 11.5. The van der Waals surface area contributed by atoms with E-state index in [9.17, 15) is 4.79 Å². The van der Waals surface area contributed by atoms with Crippen LogP contribution in [0.1, 0.15) is 44.5 Å². The maximum atomic E-state index is 11.0. The Balaban J connectivity index is 1.89. The second-order valence-corrected chi connectivity index (χ2v) is 6.52. The molecular weight excluding hydrogens is 298 g/mol. The first-order valence-corrected chi connectivity index (χ1v) is 8.55. The molecule has 2 rings (SSSR count). The summed E-state index contributed by atoms with van der Waals surface area (Å²) in [4.78, 5) is 15.5. The van der Waals surface area contributed by atoms with Crippen molar-refractivity contribution in [3.8, 4) is 0 Å². The van der Waals surface area contributed by atoms with E-state index < -0.39 is 0 Å². The summed E-state index contributed by atoms with van der Waals surface area (Å²) in [6.07, 6.45) is 3.87. The molecule has 0 aliphatic carbocycles. The molecule has 1 amide bonds. The van der Waals surface area contributed by atoms with Gasteiger partial charge in [-0.15, -0.1) is 0 Å². The Morgan fingerprint density at radius 2 is 1.88 bits per heavy atom. The van der Waals surface area contributed by atoms with Crippen molar-refractivity contribution in [2.24, 2.45) is 5.92 Å². The second kappa shape index (κ2) is 9.18. The number of carbonyl (C=O) groups is 1. The highest BCUT2D eigenvalue weighted by Gasteiger charge is 2.13. The SMILES string of the molecule is CC(=O)Nc1ccc(CCN[C@H](CC(C)C)c2ccccn2)cc1. The van der Waals surface area contributed by atoms with Crippen molar-refractivity contribution < 1.29 is 4.79 Å². The monoisotopic (exact) mass is 325 g/mol. The van der Waals surface area contributed by atoms with Crippen LogP contribution in [0, 0.1) is 5.92 Å². The van der Waals surface area contributed by atoms with Crippen LogP contribution in [0.15, 0.2) is 48.7 Å². The zero-order valence-corrected chi connectivity index (χ0v) is 14.8. The summed E-state index contributed by atoms with van der Waals surface area (Å²) < 4.78 is 0. The van der Waals surface area contributed by atoms with Crippen molar-refractivity contribution >= 4 is 11.6 Å². The Kier molecular flexibility index (Phi) is 6.94. The van der Waals surface area contributed by atoms with Gasteiger partial charge < -0.3 is 10.6 Å². The minimum Gasteiger partial charge on any atom is -0.326 e. The smallest absolute Gasteiger partial charge is 0.221 e. The summed E-state index contributed by atoms with van der Waals surface area (Å²) in [5, 5.41) is 6.42. The predicted molar refractivity (Wildman–Crippen MR) is 98.9 cm³/mol. The van der Waals surface area contributed by atoms with E-state index in [1.807, 2.05) is 30.5 Å². The maximum Gasteiger partial charge on any atom is 0.221 e. The van der Waals surface area contributed by atoms with E-state index in [1.165, 1.54) is 12.5 Å². The Morgan fingerprint density at radius 1 is 1.12 bits per heavy atom. The highest BCUT2D eigenvalue weighted by atomic mass is 16.1. The van der Waals surface area contributed by atoms with Crippen molar-refractivity contribution in [2.75, 3.05) is 11.9 Å². The molecule has 1 aromatic carbocycles. The number of benzene rings is 1. The third-order valence-corrected chi connectivity index (χ3v) is 3.83. The van der Waals surface area contributed by atoms with Gasteiger partial charge in [-0.25, -0.2) is 0 Å². The van der Waals surface area contributed by atoms with Gasteiger partial charge in [0.1, 0.15) is 0 Å². The molecule has 0 fully saturated rings. The van der Waals surface area contributed by atoms with Crippen LogP contribution in [0.5, 0.6) is 0 Å². The number of pyridine rings is 1. The van der Waals surface area contributed by atoms with Gasteiger partial charge in [-0.2, -0.15) is 0 Å². The Bertz CT molecular complexity index is 623. The van der Waals surface area contributed by atoms with E-state index in [0.717, 1.165) is 30.8 Å². The van der Waals surface area contributed by atoms with Gasteiger partial charge in [-0.3, -0.25) is 9.78 Å². The Labute approximate surface area is 144 Å². The average molecular weight is 325 g/mol. The number of rotatable bonds is 8. The lowest BCUT2D eigenvalue weighted by Crippen LogP contribution is -2.25. The minimum absolute atomic E-state index is 0.0451. The zero-order valence-electron chi connectivity index (χ0n) is 14.8. The molecule has 0 aliphatic heterocycles. The lowest BCUT2D eigenvalue weighted by Gasteiger charge is -2.20. The van der Waals surface area contributed by atoms with Crippen LogP contribution in [0.4, 0.5) is 5.69 Å². The van der Waals surface area contributed by atoms with Gasteiger partial charge in [0.25, 0.3) is 0 Å². The summed E-state index contributed by atoms with van der Waals surface area (Å²) in [5.41, 5.74) is 3.19. The molecule has 0 spiro atoms. The summed E-state index contributed by atoms with van der Waals surface area (Å²) in [7, 11) is 0. The molecule has 0 bridgehead atoms. The lowest BCUT2D eigenvalue weighted by molar-refractivity contribution is -0.114. The van der Waals surface area contributed by atoms with Crippen LogP contribution in [-0.4, -0.2) is 17.4 Å². The maximum absolute atomic E-state index is 11.0. The van der Waals surface area contributed by atoms with Crippen LogP contribution < -0.4 is 10.6 Å². The van der Waals surface area contributed by atoms with Gasteiger partial charge in [0.15, 0.2) is 0 Å². The van der Waals surface area contributed by atoms with Crippen LogP contribution in [0.25, 0.3) is 0 Å². The quantitative estimate of drug-likeness (QED) is 0.772. The van der Waals surface area contributed by atoms with Crippen molar-refractivity contribution in [1.82, 2.24) is 10.3 Å². The number of aromatic nitrogens is 1. The van der Waals surface area contributed by atoms with Crippen molar-refractivity contribution in [2.45, 2.75) is 39.7 Å². The molecule has 2 N–H and O–H groups in total. The third-order valence-electron chi connectivity index (χ3n) is 3.83. The first kappa shape index (κ1) is 18.1. The molecule has 128 valence electrons. The summed E-state index contributed by atoms with van der Waals surface area (Å²) >= 11 is 0. The molecule has 1 aromatic heterocycles. The average Bonchev–Trinajstić information content (AvgIpc) is 2.55. The molecule has 4 nitrogen and oxygen atoms in total. The first-order valence-electron chi connectivity index (χ1n) is 8.55. The summed E-state index contributed by atoms with van der Waals surface area (Å²) in [6.45, 7) is 6.88. The Hall–Kier alpha value is -2.20. The van der Waals surface area contributed by atoms with E-state index in [2.05, 4.69) is 47.7 Å². The predicted octanol–water partition coefficient (Wildman–Crippen LogP) is 3.96. The summed E-state index contributed by atoms with van der Waals surface area (Å²) in [6, 6.07) is 14.4. The molecular formula is C20H27N3O. The topological polar surface area (TPSA) is 54.0 Å².